The van der Waals surface area contributed by atoms with Gasteiger partial charge in [-0.2, -0.15) is 0 Å². The number of hydrogen-bond donors (Lipinski definition) is 2. The molecule has 0 radical (unpaired) electrons. The molecule has 0 aromatic carbocycles. The number of allylic oxidation sites excluding steroid dienone is 6. The molecule has 376 valence electrons. The predicted octanol–water partition coefficient (Wildman–Crippen LogP) is 7.65. The minimum atomic E-state index is -2.43. The van der Waals surface area contributed by atoms with Crippen molar-refractivity contribution in [1.29, 1.82) is 0 Å². The fraction of sp³-hybridized carbons (Fsp3) is 0.750. The van der Waals surface area contributed by atoms with Crippen molar-refractivity contribution in [2.24, 2.45) is 35.5 Å². The average molecular weight is 959 g/mol. The van der Waals surface area contributed by atoms with Crippen LogP contribution in [0.3, 0.4) is 0 Å². The van der Waals surface area contributed by atoms with Crippen LogP contribution in [0.4, 0.5) is 0 Å². The Hall–Kier alpha value is -3.23. The first-order chi connectivity index (χ1) is 31.7. The molecule has 2 unspecified atom stereocenters. The second kappa shape index (κ2) is 26.1. The first-order valence-corrected chi connectivity index (χ1v) is 26.3. The Kier molecular flexibility index (Phi) is 22.0. The summed E-state index contributed by atoms with van der Waals surface area (Å²) in [5.74, 6) is -7.95. The zero-order valence-electron chi connectivity index (χ0n) is 42.0. The molecule has 0 spiro atoms. The third kappa shape index (κ3) is 14.9. The summed E-state index contributed by atoms with van der Waals surface area (Å²) in [7, 11) is 3.13. The van der Waals surface area contributed by atoms with Crippen molar-refractivity contribution in [3.05, 3.63) is 47.6 Å². The molecule has 67 heavy (non-hydrogen) atoms. The lowest BCUT2D eigenvalue weighted by atomic mass is 9.79. The van der Waals surface area contributed by atoms with E-state index in [9.17, 15) is 38.8 Å². The van der Waals surface area contributed by atoms with E-state index in [1.165, 1.54) is 12.0 Å². The third-order valence-electron chi connectivity index (χ3n) is 14.9. The Balaban J connectivity index is 1.71. The van der Waals surface area contributed by atoms with Crippen LogP contribution in [0.5, 0.6) is 0 Å². The number of cyclic esters (lactones) is 1. The molecule has 2 saturated heterocycles. The van der Waals surface area contributed by atoms with Crippen LogP contribution in [0.15, 0.2) is 47.6 Å². The molecule has 0 aromatic rings. The van der Waals surface area contributed by atoms with Crippen molar-refractivity contribution in [1.82, 2.24) is 4.90 Å². The smallest absolute Gasteiger partial charge is 0.341 e. The van der Waals surface area contributed by atoms with E-state index in [1.54, 1.807) is 47.7 Å². The third-order valence-corrected chi connectivity index (χ3v) is 16.5. The second-order valence-corrected chi connectivity index (χ2v) is 21.9. The van der Waals surface area contributed by atoms with Crippen LogP contribution in [0.25, 0.3) is 0 Å². The first-order valence-electron chi connectivity index (χ1n) is 24.6. The van der Waals surface area contributed by atoms with E-state index < -0.39 is 85.6 Å². The van der Waals surface area contributed by atoms with E-state index in [2.05, 4.69) is 0 Å². The Bertz CT molecular complexity index is 1860. The van der Waals surface area contributed by atoms with Crippen molar-refractivity contribution >= 4 is 37.0 Å². The number of piperidine rings is 1. The molecule has 16 atom stereocenters. The van der Waals surface area contributed by atoms with Crippen LogP contribution in [-0.4, -0.2) is 133 Å². The summed E-state index contributed by atoms with van der Waals surface area (Å²) < 4.78 is 42.2. The largest absolute Gasteiger partial charge is 0.460 e. The van der Waals surface area contributed by atoms with Gasteiger partial charge in [-0.05, 0) is 107 Å². The summed E-state index contributed by atoms with van der Waals surface area (Å²) in [4.78, 5) is 72.0. The number of esters is 1. The number of Topliss-reactive ketones (excluding diaryl/α,β-unsaturated/α-hetero) is 3. The van der Waals surface area contributed by atoms with E-state index in [0.29, 0.717) is 56.9 Å². The van der Waals surface area contributed by atoms with Gasteiger partial charge in [0.05, 0.1) is 12.2 Å². The van der Waals surface area contributed by atoms with Crippen LogP contribution in [0.2, 0.25) is 0 Å². The Morgan fingerprint density at radius 1 is 0.881 bits per heavy atom. The minimum absolute atomic E-state index is 0.0171. The Labute approximate surface area is 400 Å². The van der Waals surface area contributed by atoms with E-state index in [-0.39, 0.29) is 60.5 Å². The zero-order chi connectivity index (χ0) is 49.7. The van der Waals surface area contributed by atoms with Gasteiger partial charge in [0.1, 0.15) is 42.9 Å². The number of rotatable bonds is 7. The molecular formula is C52H81NO13P+. The maximum atomic E-state index is 14.4. The van der Waals surface area contributed by atoms with Crippen LogP contribution >= 0.6 is 7.80 Å². The number of methoxy groups -OCH3 is 3. The first kappa shape index (κ1) is 56.4. The molecule has 3 fully saturated rings. The highest BCUT2D eigenvalue weighted by Gasteiger charge is 2.53. The van der Waals surface area contributed by atoms with Crippen LogP contribution in [0, 0.1) is 35.5 Å². The van der Waals surface area contributed by atoms with Gasteiger partial charge < -0.3 is 38.8 Å². The van der Waals surface area contributed by atoms with Gasteiger partial charge in [0.25, 0.3) is 11.7 Å². The summed E-state index contributed by atoms with van der Waals surface area (Å²) in [6.07, 6.45) is 12.2. The molecule has 2 N–H and O–H groups in total. The SMILES string of the molecule is CO[C@H]1C[C@@H]2CC[C@@H](C)[C@@](O)(O2)C(=O)C(=O)N2CCCC[C@H]2C(=O)O[C@H]([C@H](C)C[C@@H]2CCC([P+](C)=O)[C@H](OC)C2)CC(=O)[C@H](C)/C=C(\C)[C@@H](O)[C@@H](OC)C(=O)[C@H](C)C[C@H](C)/C=C/C=CC=C1C. The molecule has 1 saturated carbocycles. The number of carbonyl (C=O) groups excluding carboxylic acids is 5. The topological polar surface area (TPSA) is 192 Å². The van der Waals surface area contributed by atoms with Crippen LogP contribution in [-0.2, 0) is 52.2 Å². The highest BCUT2D eigenvalue weighted by Crippen LogP contribution is 2.42. The molecule has 1 aliphatic carbocycles. The van der Waals surface area contributed by atoms with Crippen LogP contribution in [0.1, 0.15) is 126 Å². The highest BCUT2D eigenvalue weighted by atomic mass is 31.1. The number of ketones is 3. The lowest BCUT2D eigenvalue weighted by Gasteiger charge is -2.42. The molecule has 3 aliphatic heterocycles. The fourth-order valence-corrected chi connectivity index (χ4v) is 11.8. The van der Waals surface area contributed by atoms with Crippen molar-refractivity contribution in [3.63, 3.8) is 0 Å². The molecule has 4 rings (SSSR count). The van der Waals surface area contributed by atoms with Gasteiger partial charge in [0, 0.05) is 58.5 Å². The molecular weight excluding hydrogens is 878 g/mol. The summed E-state index contributed by atoms with van der Waals surface area (Å²) >= 11 is 0. The van der Waals surface area contributed by atoms with Gasteiger partial charge in [-0.25, -0.2) is 4.79 Å². The number of amides is 1. The Morgan fingerprint density at radius 2 is 1.60 bits per heavy atom. The quantitative estimate of drug-likeness (QED) is 0.110. The molecule has 3 heterocycles. The number of aliphatic hydroxyl groups excluding tert-OH is 1. The number of aliphatic hydroxyl groups is 2. The number of nitrogens with zero attached hydrogens (tertiary/aromatic N) is 1. The minimum Gasteiger partial charge on any atom is -0.460 e. The maximum absolute atomic E-state index is 14.4. The maximum Gasteiger partial charge on any atom is 0.341 e. The second-order valence-electron chi connectivity index (χ2n) is 20.1. The number of ether oxygens (including phenoxy) is 5. The van der Waals surface area contributed by atoms with Crippen LogP contribution < -0.4 is 0 Å². The number of hydrogen-bond acceptors (Lipinski definition) is 13. The van der Waals surface area contributed by atoms with E-state index in [1.807, 2.05) is 58.1 Å². The van der Waals surface area contributed by atoms with E-state index in [0.717, 1.165) is 18.4 Å². The summed E-state index contributed by atoms with van der Waals surface area (Å²) in [6, 6.07) is -1.14. The number of carbonyl (C=O) groups is 5. The van der Waals surface area contributed by atoms with Gasteiger partial charge in [-0.3, -0.25) is 19.2 Å². The molecule has 1 amide bonds. The zero-order valence-corrected chi connectivity index (χ0v) is 42.9. The molecule has 4 aliphatic rings. The van der Waals surface area contributed by atoms with E-state index >= 15 is 0 Å². The summed E-state index contributed by atoms with van der Waals surface area (Å²) in [5.41, 5.74) is 1.21. The molecule has 2 bridgehead atoms. The van der Waals surface area contributed by atoms with Crippen molar-refractivity contribution < 1.29 is 62.4 Å². The lowest BCUT2D eigenvalue weighted by Crippen LogP contribution is -2.61. The standard InChI is InChI=1S/C52H81NO13P/c1-31-17-13-12-14-18-32(2)42(62-8)29-39-22-20-37(7)52(60,66-39)49(57)50(58)53-24-16-15-19-40(53)51(59)65-43(34(4)27-38-21-23-45(67(11)61)44(28-38)63-9)30-41(54)33(3)26-36(6)47(56)48(64-10)46(55)35(5)25-31/h12-14,17-18,26,31,33-35,37-40,42-45,47-48,56,60H,15-16,19-25,27-30H2,1-11H3/q+1/b14-12?,17-13+,32-18?,36-26+/t31-,33-,34-,35-,37-,38+,39+,40+,42+,43+,44-,45?,47-,48+,52-/m1/s1. The average Bonchev–Trinajstić information content (AvgIpc) is 3.30. The monoisotopic (exact) mass is 959 g/mol. The van der Waals surface area contributed by atoms with Gasteiger partial charge in [-0.15, -0.1) is 0 Å². The van der Waals surface area contributed by atoms with Gasteiger partial charge >= 0.3 is 13.8 Å². The van der Waals surface area contributed by atoms with Gasteiger partial charge in [-0.1, -0.05) is 75.6 Å². The lowest BCUT2D eigenvalue weighted by molar-refractivity contribution is -0.265. The van der Waals surface area contributed by atoms with Crippen molar-refractivity contribution in [3.8, 4) is 0 Å². The molecule has 14 nitrogen and oxygen atoms in total. The molecule has 15 heteroatoms. The highest BCUT2D eigenvalue weighted by molar-refractivity contribution is 7.44. The summed E-state index contributed by atoms with van der Waals surface area (Å²) in [6.45, 7) is 14.5. The van der Waals surface area contributed by atoms with Crippen molar-refractivity contribution in [2.75, 3.05) is 34.5 Å². The van der Waals surface area contributed by atoms with Crippen molar-refractivity contribution in [2.45, 2.75) is 180 Å². The Morgan fingerprint density at radius 3 is 2.25 bits per heavy atom. The van der Waals surface area contributed by atoms with E-state index in [4.69, 9.17) is 23.7 Å². The normalized spacial score (nSPS) is 38.5. The predicted molar refractivity (Wildman–Crippen MR) is 256 cm³/mol. The number of fused-ring (bicyclic) bond motifs is 3. The van der Waals surface area contributed by atoms with Gasteiger partial charge in [0.2, 0.25) is 5.79 Å². The van der Waals surface area contributed by atoms with Gasteiger partial charge in [0.15, 0.2) is 11.4 Å². The molecule has 0 aromatic heterocycles. The summed E-state index contributed by atoms with van der Waals surface area (Å²) in [5, 5.41) is 23.4. The fourth-order valence-electron chi connectivity index (χ4n) is 10.5.